The van der Waals surface area contributed by atoms with E-state index in [-0.39, 0.29) is 5.69 Å². The Morgan fingerprint density at radius 2 is 1.71 bits per heavy atom. The van der Waals surface area contributed by atoms with Gasteiger partial charge in [-0.25, -0.2) is 9.59 Å². The number of alkyl halides is 3. The Kier molecular flexibility index (Phi) is 5.33. The molecule has 132 valence electrons. The lowest BCUT2D eigenvalue weighted by Gasteiger charge is -2.23. The Balaban J connectivity index is 0.000000256. The number of benzene rings is 1. The summed E-state index contributed by atoms with van der Waals surface area (Å²) < 4.78 is 35.5. The number of aromatic nitrogens is 2. The molecule has 0 aliphatic carbocycles. The topological polar surface area (TPSA) is 76.3 Å². The highest BCUT2D eigenvalue weighted by molar-refractivity contribution is 5.76. The molecule has 0 unspecified atom stereocenters. The van der Waals surface area contributed by atoms with Crippen LogP contribution in [0.3, 0.4) is 0 Å². The van der Waals surface area contributed by atoms with Crippen LogP contribution < -0.4 is 11.0 Å². The first-order valence-corrected chi connectivity index (χ1v) is 7.40. The summed E-state index contributed by atoms with van der Waals surface area (Å²) in [4.78, 5) is 21.2. The smallest absolute Gasteiger partial charge is 0.475 e. The van der Waals surface area contributed by atoms with Crippen molar-refractivity contribution in [2.24, 2.45) is 7.05 Å². The number of aryl methyl sites for hydroxylation is 1. The molecule has 0 bridgehead atoms. The fourth-order valence-electron chi connectivity index (χ4n) is 2.74. The number of halogens is 3. The van der Waals surface area contributed by atoms with Crippen LogP contribution in [0.15, 0.2) is 29.1 Å². The molecule has 1 aromatic heterocycles. The Hall–Kier alpha value is -2.29. The monoisotopic (exact) mass is 345 g/mol. The number of carboxylic acids is 1. The van der Waals surface area contributed by atoms with Crippen LogP contribution in [-0.2, 0) is 11.8 Å². The van der Waals surface area contributed by atoms with Gasteiger partial charge in [0, 0.05) is 13.1 Å². The number of imidazole rings is 1. The SMILES string of the molecule is Cn1c(=O)n(C2CCNCC2)c2ccccc21.O=C(O)C(F)(F)F. The number of hydrogen-bond donors (Lipinski definition) is 2. The van der Waals surface area contributed by atoms with E-state index in [1.165, 1.54) is 0 Å². The van der Waals surface area contributed by atoms with Gasteiger partial charge in [0.2, 0.25) is 0 Å². The fraction of sp³-hybridized carbons (Fsp3) is 0.467. The zero-order valence-electron chi connectivity index (χ0n) is 13.0. The summed E-state index contributed by atoms with van der Waals surface area (Å²) >= 11 is 0. The van der Waals surface area contributed by atoms with Gasteiger partial charge < -0.3 is 10.4 Å². The highest BCUT2D eigenvalue weighted by atomic mass is 19.4. The molecule has 3 rings (SSSR count). The van der Waals surface area contributed by atoms with Crippen molar-refractivity contribution in [1.29, 1.82) is 0 Å². The Morgan fingerprint density at radius 3 is 2.21 bits per heavy atom. The predicted octanol–water partition coefficient (Wildman–Crippen LogP) is 1.90. The van der Waals surface area contributed by atoms with Crippen molar-refractivity contribution in [3.8, 4) is 0 Å². The summed E-state index contributed by atoms with van der Waals surface area (Å²) in [5, 5.41) is 10.5. The molecule has 1 fully saturated rings. The summed E-state index contributed by atoms with van der Waals surface area (Å²) in [7, 11) is 1.85. The first-order valence-electron chi connectivity index (χ1n) is 7.40. The summed E-state index contributed by atoms with van der Waals surface area (Å²) in [5.41, 5.74) is 2.20. The first-order chi connectivity index (χ1) is 11.2. The molecule has 1 aromatic carbocycles. The zero-order valence-corrected chi connectivity index (χ0v) is 13.0. The highest BCUT2D eigenvalue weighted by Gasteiger charge is 2.38. The van der Waals surface area contributed by atoms with Crippen LogP contribution in [-0.4, -0.2) is 39.5 Å². The molecule has 1 aliphatic rings. The number of para-hydroxylation sites is 2. The number of hydrogen-bond acceptors (Lipinski definition) is 3. The van der Waals surface area contributed by atoms with Crippen LogP contribution in [0.1, 0.15) is 18.9 Å². The third-order valence-electron chi connectivity index (χ3n) is 3.91. The second-order valence-corrected chi connectivity index (χ2v) is 5.48. The van der Waals surface area contributed by atoms with E-state index < -0.39 is 12.1 Å². The van der Waals surface area contributed by atoms with Crippen LogP contribution in [0.2, 0.25) is 0 Å². The van der Waals surface area contributed by atoms with Crippen LogP contribution in [0.4, 0.5) is 13.2 Å². The van der Waals surface area contributed by atoms with Crippen molar-refractivity contribution < 1.29 is 23.1 Å². The van der Waals surface area contributed by atoms with E-state index in [0.29, 0.717) is 6.04 Å². The predicted molar refractivity (Wildman–Crippen MR) is 82.0 cm³/mol. The number of aliphatic carboxylic acids is 1. The molecule has 2 heterocycles. The van der Waals surface area contributed by atoms with Gasteiger partial charge in [0.15, 0.2) is 0 Å². The van der Waals surface area contributed by atoms with Gasteiger partial charge in [-0.1, -0.05) is 12.1 Å². The third kappa shape index (κ3) is 3.78. The zero-order chi connectivity index (χ0) is 17.9. The molecule has 1 saturated heterocycles. The van der Waals surface area contributed by atoms with Gasteiger partial charge in [-0.3, -0.25) is 9.13 Å². The van der Waals surface area contributed by atoms with Crippen LogP contribution in [0.25, 0.3) is 11.0 Å². The quantitative estimate of drug-likeness (QED) is 0.828. The van der Waals surface area contributed by atoms with Gasteiger partial charge in [0.1, 0.15) is 0 Å². The van der Waals surface area contributed by atoms with Crippen LogP contribution >= 0.6 is 0 Å². The molecule has 0 radical (unpaired) electrons. The average Bonchev–Trinajstić information content (AvgIpc) is 2.80. The summed E-state index contributed by atoms with van der Waals surface area (Å²) in [6, 6.07) is 8.37. The second kappa shape index (κ2) is 7.08. The third-order valence-corrected chi connectivity index (χ3v) is 3.91. The number of fused-ring (bicyclic) bond motifs is 1. The number of nitrogens with one attached hydrogen (secondary N) is 1. The van der Waals surface area contributed by atoms with E-state index in [9.17, 15) is 18.0 Å². The van der Waals surface area contributed by atoms with Gasteiger partial charge in [-0.2, -0.15) is 13.2 Å². The average molecular weight is 345 g/mol. The minimum absolute atomic E-state index is 0.109. The van der Waals surface area contributed by atoms with E-state index >= 15 is 0 Å². The number of carboxylic acid groups (broad SMARTS) is 1. The van der Waals surface area contributed by atoms with Crippen LogP contribution in [0.5, 0.6) is 0 Å². The van der Waals surface area contributed by atoms with Crippen molar-refractivity contribution in [1.82, 2.24) is 14.5 Å². The molecule has 0 atom stereocenters. The highest BCUT2D eigenvalue weighted by Crippen LogP contribution is 2.22. The number of rotatable bonds is 1. The first kappa shape index (κ1) is 18.1. The number of nitrogens with zero attached hydrogens (tertiary/aromatic N) is 2. The van der Waals surface area contributed by atoms with Crippen molar-refractivity contribution in [2.75, 3.05) is 13.1 Å². The maximum absolute atomic E-state index is 12.3. The number of carbonyl (C=O) groups is 1. The molecule has 24 heavy (non-hydrogen) atoms. The molecule has 1 aliphatic heterocycles. The molecule has 9 heteroatoms. The molecule has 2 N–H and O–H groups in total. The molecule has 6 nitrogen and oxygen atoms in total. The lowest BCUT2D eigenvalue weighted by molar-refractivity contribution is -0.192. The van der Waals surface area contributed by atoms with Gasteiger partial charge in [0.25, 0.3) is 0 Å². The lowest BCUT2D eigenvalue weighted by Crippen LogP contribution is -2.34. The van der Waals surface area contributed by atoms with Crippen molar-refractivity contribution >= 4 is 17.0 Å². The standard InChI is InChI=1S/C13H17N3O.C2HF3O2/c1-15-11-4-2-3-5-12(11)16(13(15)17)10-6-8-14-9-7-10;3-2(4,5)1(6)7/h2-5,10,14H,6-9H2,1H3;(H,6,7). The van der Waals surface area contributed by atoms with E-state index in [1.807, 2.05) is 35.9 Å². The van der Waals surface area contributed by atoms with Crippen molar-refractivity contribution in [2.45, 2.75) is 25.1 Å². The number of piperidine rings is 1. The molecule has 0 amide bonds. The van der Waals surface area contributed by atoms with Crippen molar-refractivity contribution in [3.05, 3.63) is 34.7 Å². The Morgan fingerprint density at radius 1 is 1.21 bits per heavy atom. The van der Waals surface area contributed by atoms with E-state index in [2.05, 4.69) is 5.32 Å². The minimum Gasteiger partial charge on any atom is -0.475 e. The molecule has 2 aromatic rings. The van der Waals surface area contributed by atoms with Gasteiger partial charge in [-0.05, 0) is 38.1 Å². The van der Waals surface area contributed by atoms with E-state index in [1.54, 1.807) is 4.57 Å². The summed E-state index contributed by atoms with van der Waals surface area (Å²) in [5.74, 6) is -2.76. The second-order valence-electron chi connectivity index (χ2n) is 5.48. The lowest BCUT2D eigenvalue weighted by atomic mass is 10.1. The minimum atomic E-state index is -5.08. The normalized spacial score (nSPS) is 15.8. The van der Waals surface area contributed by atoms with Gasteiger partial charge in [-0.15, -0.1) is 0 Å². The summed E-state index contributed by atoms with van der Waals surface area (Å²) in [6.45, 7) is 2.00. The maximum Gasteiger partial charge on any atom is 0.490 e. The van der Waals surface area contributed by atoms with Crippen LogP contribution in [0, 0.1) is 0 Å². The Labute approximate surface area is 135 Å². The van der Waals surface area contributed by atoms with Crippen molar-refractivity contribution in [3.63, 3.8) is 0 Å². The largest absolute Gasteiger partial charge is 0.490 e. The molecular weight excluding hydrogens is 327 g/mol. The maximum atomic E-state index is 12.3. The van der Waals surface area contributed by atoms with Gasteiger partial charge >= 0.3 is 17.8 Å². The van der Waals surface area contributed by atoms with Gasteiger partial charge in [0.05, 0.1) is 11.0 Å². The molecule has 0 spiro atoms. The van der Waals surface area contributed by atoms with E-state index in [4.69, 9.17) is 9.90 Å². The summed E-state index contributed by atoms with van der Waals surface area (Å²) in [6.07, 6.45) is -3.01. The van der Waals surface area contributed by atoms with E-state index in [0.717, 1.165) is 37.0 Å². The molecular formula is C15H18F3N3O3. The molecule has 0 saturated carbocycles. The fourth-order valence-corrected chi connectivity index (χ4v) is 2.74. The Bertz CT molecular complexity index is 774.